The predicted molar refractivity (Wildman–Crippen MR) is 71.9 cm³/mol. The Morgan fingerprint density at radius 3 is 0.837 bits per heavy atom. The van der Waals surface area contributed by atoms with Gasteiger partial charge in [-0.25, -0.2) is 13.2 Å². The van der Waals surface area contributed by atoms with Gasteiger partial charge in [-0.3, -0.25) is 4.74 Å². The maximum absolute atomic E-state index is 14.8. The van der Waals surface area contributed by atoms with Gasteiger partial charge in [-0.05, 0) is 4.53 Å². The lowest BCUT2D eigenvalue weighted by molar-refractivity contribution is -0.640. The summed E-state index contributed by atoms with van der Waals surface area (Å²) in [6.45, 7) is 0. The molecule has 4 saturated carbocycles. The molecule has 4 aliphatic rings. The lowest BCUT2D eigenvalue weighted by atomic mass is 9.40. The van der Waals surface area contributed by atoms with E-state index in [0.717, 1.165) is 4.94 Å². The Labute approximate surface area is 213 Å². The van der Waals surface area contributed by atoms with Gasteiger partial charge in [-0.1, -0.05) is 0 Å². The second-order valence-electron chi connectivity index (χ2n) is 9.04. The standard InChI is InChI=1S/C15F26O2/c16-1-5(19,20)2(17)7(23,24)3(18,6(1,21)22)10(29,30)4(8(1,25)26,9(2,27)28)42-15(39,40)13(35,43-41)11(31,32)12(33,34)14(36,37)38. The summed E-state index contributed by atoms with van der Waals surface area (Å²) < 4.78 is 365. The highest BCUT2D eigenvalue weighted by molar-refractivity contribution is 5.54. The highest BCUT2D eigenvalue weighted by Gasteiger charge is 3.24. The van der Waals surface area contributed by atoms with Crippen LogP contribution in [-0.4, -0.2) is 88.1 Å². The molecule has 0 amide bonds. The Bertz CT molecular complexity index is 1090. The predicted octanol–water partition coefficient (Wildman–Crippen LogP) is 7.71. The van der Waals surface area contributed by atoms with Crippen molar-refractivity contribution in [2.75, 3.05) is 0 Å². The summed E-state index contributed by atoms with van der Waals surface area (Å²) in [6, 6.07) is 0. The van der Waals surface area contributed by atoms with Gasteiger partial charge in [0.1, 0.15) is 0 Å². The summed E-state index contributed by atoms with van der Waals surface area (Å²) in [5.41, 5.74) is -35.4. The first kappa shape index (κ1) is 35.6. The highest BCUT2D eigenvalue weighted by atomic mass is 19.4. The largest absolute Gasteiger partial charge is 0.460 e. The van der Waals surface area contributed by atoms with Crippen LogP contribution in [0.4, 0.5) is 114 Å². The van der Waals surface area contributed by atoms with E-state index in [0.29, 0.717) is 0 Å². The topological polar surface area (TPSA) is 18.5 Å². The molecule has 0 aromatic rings. The van der Waals surface area contributed by atoms with Gasteiger partial charge in [-0.2, -0.15) is 96.6 Å². The van der Waals surface area contributed by atoms with E-state index in [1.54, 1.807) is 0 Å². The summed E-state index contributed by atoms with van der Waals surface area (Å²) >= 11 is 0. The van der Waals surface area contributed by atoms with Gasteiger partial charge in [0, 0.05) is 0 Å². The molecule has 1 unspecified atom stereocenters. The van der Waals surface area contributed by atoms with Crippen LogP contribution in [0.15, 0.2) is 0 Å². The molecule has 0 aliphatic heterocycles. The molecule has 0 heterocycles. The SMILES string of the molecule is FOC(F)(C(F)(F)OC12C(F)(F)C3(F)C(F)(F)C(F)(C(F)(F)C(F)(C3(F)F)C1(F)F)C2(F)F)C(F)(F)C(F)(F)C(F)(F)F. The number of alkyl halides is 25. The third kappa shape index (κ3) is 2.55. The molecule has 28 heteroatoms. The van der Waals surface area contributed by atoms with Crippen molar-refractivity contribution < 1.29 is 124 Å². The van der Waals surface area contributed by atoms with Crippen LogP contribution in [0.25, 0.3) is 0 Å². The molecular formula is C15F26O2. The van der Waals surface area contributed by atoms with Gasteiger partial charge in [0.25, 0.3) is 5.60 Å². The molecule has 4 fully saturated rings. The zero-order valence-electron chi connectivity index (χ0n) is 18.1. The number of hydrogen-bond acceptors (Lipinski definition) is 2. The smallest absolute Gasteiger partial charge is 0.289 e. The number of rotatable bonds is 6. The molecule has 1 atom stereocenters. The third-order valence-electron chi connectivity index (χ3n) is 7.14. The van der Waals surface area contributed by atoms with E-state index in [4.69, 9.17) is 0 Å². The fourth-order valence-electron chi connectivity index (χ4n) is 4.91. The van der Waals surface area contributed by atoms with Gasteiger partial charge in [-0.15, -0.1) is 4.94 Å². The van der Waals surface area contributed by atoms with E-state index in [-0.39, 0.29) is 0 Å². The zero-order chi connectivity index (χ0) is 34.9. The van der Waals surface area contributed by atoms with Crippen LogP contribution in [-0.2, 0) is 9.68 Å². The molecule has 254 valence electrons. The molecule has 4 rings (SSSR count). The first-order valence-corrected chi connectivity index (χ1v) is 9.49. The van der Waals surface area contributed by atoms with Crippen molar-refractivity contribution in [2.24, 2.45) is 0 Å². The Morgan fingerprint density at radius 1 is 0.372 bits per heavy atom. The van der Waals surface area contributed by atoms with E-state index < -0.39 is 88.1 Å². The van der Waals surface area contributed by atoms with Gasteiger partial charge in [0.05, 0.1) is 0 Å². The van der Waals surface area contributed by atoms with Crippen LogP contribution in [0, 0.1) is 0 Å². The molecule has 0 aromatic carbocycles. The molecule has 4 bridgehead atoms. The highest BCUT2D eigenvalue weighted by Crippen LogP contribution is 2.89. The van der Waals surface area contributed by atoms with E-state index in [1.807, 2.05) is 0 Å². The summed E-state index contributed by atoms with van der Waals surface area (Å²) in [6.07, 6.45) is -17.2. The van der Waals surface area contributed by atoms with Crippen LogP contribution in [0.2, 0.25) is 0 Å². The maximum Gasteiger partial charge on any atom is 0.460 e. The number of hydrogen-bond donors (Lipinski definition) is 0. The number of halogens is 26. The minimum absolute atomic E-state index is 0.734. The summed E-state index contributed by atoms with van der Waals surface area (Å²) in [5.74, 6) is -79.7. The molecule has 4 aliphatic carbocycles. The lowest BCUT2D eigenvalue weighted by Gasteiger charge is -2.74. The van der Waals surface area contributed by atoms with Crippen LogP contribution >= 0.6 is 0 Å². The van der Waals surface area contributed by atoms with Gasteiger partial charge >= 0.3 is 82.5 Å². The van der Waals surface area contributed by atoms with E-state index in [2.05, 4.69) is 0 Å². The van der Waals surface area contributed by atoms with Crippen molar-refractivity contribution in [1.82, 2.24) is 0 Å². The molecule has 0 N–H and O–H groups in total. The lowest BCUT2D eigenvalue weighted by Crippen LogP contribution is -3.10. The van der Waals surface area contributed by atoms with Crippen molar-refractivity contribution in [3.05, 3.63) is 0 Å². The second-order valence-corrected chi connectivity index (χ2v) is 9.04. The van der Waals surface area contributed by atoms with Crippen LogP contribution < -0.4 is 0 Å². The van der Waals surface area contributed by atoms with Crippen molar-refractivity contribution >= 4 is 0 Å². The Balaban J connectivity index is 2.57. The molecule has 0 spiro atoms. The van der Waals surface area contributed by atoms with E-state index >= 15 is 0 Å². The van der Waals surface area contributed by atoms with Crippen LogP contribution in [0.3, 0.4) is 0 Å². The first-order chi connectivity index (χ1) is 18.3. The van der Waals surface area contributed by atoms with Crippen molar-refractivity contribution in [3.63, 3.8) is 0 Å². The minimum Gasteiger partial charge on any atom is -0.289 e. The minimum atomic E-state index is -9.08. The van der Waals surface area contributed by atoms with E-state index in [1.165, 1.54) is 4.74 Å². The third-order valence-corrected chi connectivity index (χ3v) is 7.14. The fraction of sp³-hybridized carbons (Fsp3) is 1.00. The monoisotopic (exact) mass is 706 g/mol. The van der Waals surface area contributed by atoms with E-state index in [9.17, 15) is 114 Å². The maximum atomic E-state index is 14.8. The van der Waals surface area contributed by atoms with Crippen molar-refractivity contribution in [3.8, 4) is 0 Å². The van der Waals surface area contributed by atoms with Gasteiger partial charge in [0.2, 0.25) is 0 Å². The van der Waals surface area contributed by atoms with Crippen LogP contribution in [0.1, 0.15) is 0 Å². The Morgan fingerprint density at radius 2 is 0.628 bits per heavy atom. The first-order valence-electron chi connectivity index (χ1n) is 9.49. The van der Waals surface area contributed by atoms with Gasteiger partial charge < -0.3 is 0 Å². The number of ether oxygens (including phenoxy) is 1. The Kier molecular flexibility index (Phi) is 6.25. The average Bonchev–Trinajstić information content (AvgIpc) is 2.80. The summed E-state index contributed by atoms with van der Waals surface area (Å²) in [4.78, 5) is 0.734. The normalized spacial score (nSPS) is 40.3. The summed E-state index contributed by atoms with van der Waals surface area (Å²) in [7, 11) is 0. The molecule has 2 nitrogen and oxygen atoms in total. The Hall–Kier alpha value is -1.90. The molecule has 43 heavy (non-hydrogen) atoms. The van der Waals surface area contributed by atoms with Crippen LogP contribution in [0.5, 0.6) is 0 Å². The molecule has 0 aromatic heterocycles. The summed E-state index contributed by atoms with van der Waals surface area (Å²) in [5, 5.41) is 0. The van der Waals surface area contributed by atoms with Crippen molar-refractivity contribution in [1.29, 1.82) is 0 Å². The van der Waals surface area contributed by atoms with Crippen molar-refractivity contribution in [2.45, 2.75) is 88.1 Å². The molecule has 0 radical (unpaired) electrons. The zero-order valence-corrected chi connectivity index (χ0v) is 18.1. The second kappa shape index (κ2) is 7.55. The molecule has 0 saturated heterocycles. The quantitative estimate of drug-likeness (QED) is 0.264. The molecular weight excluding hydrogens is 706 g/mol. The average molecular weight is 706 g/mol. The van der Waals surface area contributed by atoms with Gasteiger partial charge in [0.15, 0.2) is 0 Å². The fourth-order valence-corrected chi connectivity index (χ4v) is 4.91.